The number of nitrogens with zero attached hydrogens (tertiary/aromatic N) is 2. The second-order valence-corrected chi connectivity index (χ2v) is 7.29. The van der Waals surface area contributed by atoms with Crippen molar-refractivity contribution in [2.45, 2.75) is 59.7 Å². The predicted molar refractivity (Wildman–Crippen MR) is 103 cm³/mol. The number of aliphatic imine (C=N–C) groups is 1. The first kappa shape index (κ1) is 18.8. The summed E-state index contributed by atoms with van der Waals surface area (Å²) in [4.78, 5) is 7.24. The van der Waals surface area contributed by atoms with E-state index in [1.165, 1.54) is 37.1 Å². The van der Waals surface area contributed by atoms with E-state index in [0.29, 0.717) is 12.6 Å². The van der Waals surface area contributed by atoms with Crippen LogP contribution in [0.2, 0.25) is 0 Å². The number of hydrogen-bond donors (Lipinski definition) is 2. The molecule has 0 aliphatic carbocycles. The smallest absolute Gasteiger partial charge is 0.191 e. The molecular weight excluding hydrogens is 296 g/mol. The third-order valence-corrected chi connectivity index (χ3v) is 4.36. The topological polar surface area (TPSA) is 39.7 Å². The van der Waals surface area contributed by atoms with E-state index in [2.05, 4.69) is 72.5 Å². The summed E-state index contributed by atoms with van der Waals surface area (Å²) in [7, 11) is 0. The third kappa shape index (κ3) is 6.52. The van der Waals surface area contributed by atoms with Gasteiger partial charge in [-0.25, -0.2) is 4.99 Å². The fourth-order valence-electron chi connectivity index (χ4n) is 3.20. The van der Waals surface area contributed by atoms with Gasteiger partial charge >= 0.3 is 0 Å². The largest absolute Gasteiger partial charge is 0.357 e. The molecule has 1 heterocycles. The summed E-state index contributed by atoms with van der Waals surface area (Å²) in [6.45, 7) is 13.9. The fourth-order valence-corrected chi connectivity index (χ4v) is 3.20. The molecule has 2 N–H and O–H groups in total. The van der Waals surface area contributed by atoms with E-state index in [1.807, 2.05) is 0 Å². The molecule has 1 aliphatic heterocycles. The molecule has 1 aliphatic rings. The van der Waals surface area contributed by atoms with Gasteiger partial charge in [0.2, 0.25) is 0 Å². The van der Waals surface area contributed by atoms with Crippen molar-refractivity contribution in [1.82, 2.24) is 15.5 Å². The Morgan fingerprint density at radius 3 is 2.58 bits per heavy atom. The highest BCUT2D eigenvalue weighted by atomic mass is 15.2. The molecule has 4 nitrogen and oxygen atoms in total. The van der Waals surface area contributed by atoms with Crippen LogP contribution in [-0.4, -0.2) is 36.5 Å². The minimum atomic E-state index is 0.386. The second-order valence-electron chi connectivity index (χ2n) is 7.29. The number of nitrogens with one attached hydrogen (secondary N) is 2. The van der Waals surface area contributed by atoms with Crippen LogP contribution in [0.3, 0.4) is 0 Å². The lowest BCUT2D eigenvalue weighted by Gasteiger charge is -2.30. The van der Waals surface area contributed by atoms with Crippen molar-refractivity contribution in [3.63, 3.8) is 0 Å². The van der Waals surface area contributed by atoms with Crippen LogP contribution >= 0.6 is 0 Å². The highest BCUT2D eigenvalue weighted by Gasteiger charge is 2.15. The maximum atomic E-state index is 4.66. The molecule has 0 spiro atoms. The molecule has 1 atom stereocenters. The molecule has 1 aromatic carbocycles. The molecule has 134 valence electrons. The average molecular weight is 331 g/mol. The Kier molecular flexibility index (Phi) is 7.57. The van der Waals surface area contributed by atoms with Crippen LogP contribution in [0.1, 0.15) is 51.7 Å². The zero-order valence-corrected chi connectivity index (χ0v) is 15.8. The average Bonchev–Trinajstić information content (AvgIpc) is 2.54. The Balaban J connectivity index is 1.88. The van der Waals surface area contributed by atoms with Crippen molar-refractivity contribution in [3.05, 3.63) is 35.4 Å². The van der Waals surface area contributed by atoms with Crippen molar-refractivity contribution in [3.8, 4) is 0 Å². The predicted octanol–water partition coefficient (Wildman–Crippen LogP) is 3.38. The molecule has 0 aromatic heterocycles. The third-order valence-electron chi connectivity index (χ3n) is 4.36. The first-order valence-corrected chi connectivity index (χ1v) is 9.41. The highest BCUT2D eigenvalue weighted by molar-refractivity contribution is 5.79. The van der Waals surface area contributed by atoms with Crippen LogP contribution in [0.25, 0.3) is 0 Å². The van der Waals surface area contributed by atoms with E-state index in [1.54, 1.807) is 0 Å². The number of piperidine rings is 1. The molecule has 2 rings (SSSR count). The molecule has 0 saturated carbocycles. The van der Waals surface area contributed by atoms with Crippen molar-refractivity contribution in [2.24, 2.45) is 10.9 Å². The molecule has 0 radical (unpaired) electrons. The molecule has 24 heavy (non-hydrogen) atoms. The van der Waals surface area contributed by atoms with Gasteiger partial charge in [-0.05, 0) is 57.2 Å². The Morgan fingerprint density at radius 1 is 1.25 bits per heavy atom. The van der Waals surface area contributed by atoms with Crippen LogP contribution in [-0.2, 0) is 13.1 Å². The molecular formula is C20H34N4. The van der Waals surface area contributed by atoms with Crippen LogP contribution < -0.4 is 10.6 Å². The van der Waals surface area contributed by atoms with Crippen molar-refractivity contribution in [1.29, 1.82) is 0 Å². The van der Waals surface area contributed by atoms with Gasteiger partial charge in [-0.3, -0.25) is 4.90 Å². The summed E-state index contributed by atoms with van der Waals surface area (Å²) in [5, 5.41) is 6.64. The maximum absolute atomic E-state index is 4.66. The number of hydrogen-bond acceptors (Lipinski definition) is 2. The molecule has 1 unspecified atom stereocenters. The second kappa shape index (κ2) is 9.67. The Hall–Kier alpha value is -1.55. The van der Waals surface area contributed by atoms with E-state index in [-0.39, 0.29) is 0 Å². The van der Waals surface area contributed by atoms with Gasteiger partial charge in [-0.15, -0.1) is 0 Å². The van der Waals surface area contributed by atoms with Gasteiger partial charge in [-0.2, -0.15) is 0 Å². The summed E-state index contributed by atoms with van der Waals surface area (Å²) in [5.41, 5.74) is 2.66. The number of guanidine groups is 1. The van der Waals surface area contributed by atoms with Gasteiger partial charge in [0.15, 0.2) is 5.96 Å². The van der Waals surface area contributed by atoms with Crippen molar-refractivity contribution in [2.75, 3.05) is 19.6 Å². The standard InChI is InChI=1S/C20H34N4/c1-5-21-20(23-16(2)3)22-13-18-8-10-19(11-9-18)15-24-12-6-7-17(4)14-24/h8-11,16-17H,5-7,12-15H2,1-4H3,(H2,21,22,23). The number of likely N-dealkylation sites (tertiary alicyclic amines) is 1. The maximum Gasteiger partial charge on any atom is 0.191 e. The van der Waals surface area contributed by atoms with E-state index in [0.717, 1.165) is 25.0 Å². The van der Waals surface area contributed by atoms with Crippen molar-refractivity contribution < 1.29 is 0 Å². The van der Waals surface area contributed by atoms with Crippen LogP contribution in [0.4, 0.5) is 0 Å². The summed E-state index contributed by atoms with van der Waals surface area (Å²) in [6, 6.07) is 9.33. The normalized spacial score (nSPS) is 19.5. The van der Waals surface area contributed by atoms with E-state index >= 15 is 0 Å². The van der Waals surface area contributed by atoms with Crippen LogP contribution in [0, 0.1) is 5.92 Å². The quantitative estimate of drug-likeness (QED) is 0.620. The Bertz CT molecular complexity index is 507. The molecule has 1 saturated heterocycles. The lowest BCUT2D eigenvalue weighted by molar-refractivity contribution is 0.176. The fraction of sp³-hybridized carbons (Fsp3) is 0.650. The summed E-state index contributed by atoms with van der Waals surface area (Å²) in [6.07, 6.45) is 2.72. The minimum absolute atomic E-state index is 0.386. The first-order valence-electron chi connectivity index (χ1n) is 9.41. The number of rotatable bonds is 6. The van der Waals surface area contributed by atoms with Gasteiger partial charge in [-0.1, -0.05) is 31.2 Å². The van der Waals surface area contributed by atoms with Gasteiger partial charge in [0.25, 0.3) is 0 Å². The van der Waals surface area contributed by atoms with Gasteiger partial charge in [0.1, 0.15) is 0 Å². The van der Waals surface area contributed by atoms with Crippen LogP contribution in [0.5, 0.6) is 0 Å². The first-order chi connectivity index (χ1) is 11.6. The molecule has 1 fully saturated rings. The Labute approximate surface area is 147 Å². The van der Waals surface area contributed by atoms with E-state index in [4.69, 9.17) is 0 Å². The van der Waals surface area contributed by atoms with Gasteiger partial charge in [0, 0.05) is 25.7 Å². The van der Waals surface area contributed by atoms with Crippen LogP contribution in [0.15, 0.2) is 29.3 Å². The molecule has 1 aromatic rings. The summed E-state index contributed by atoms with van der Waals surface area (Å²) in [5.74, 6) is 1.73. The molecule has 0 bridgehead atoms. The highest BCUT2D eigenvalue weighted by Crippen LogP contribution is 2.18. The summed E-state index contributed by atoms with van der Waals surface area (Å²) < 4.78 is 0. The monoisotopic (exact) mass is 330 g/mol. The minimum Gasteiger partial charge on any atom is -0.357 e. The SMILES string of the molecule is CCNC(=NCc1ccc(CN2CCCC(C)C2)cc1)NC(C)C. The van der Waals surface area contributed by atoms with Gasteiger partial charge < -0.3 is 10.6 Å². The lowest BCUT2D eigenvalue weighted by Crippen LogP contribution is -2.40. The zero-order valence-electron chi connectivity index (χ0n) is 15.8. The lowest BCUT2D eigenvalue weighted by atomic mass is 9.99. The zero-order chi connectivity index (χ0) is 17.4. The number of benzene rings is 1. The van der Waals surface area contributed by atoms with E-state index < -0.39 is 0 Å². The molecule has 0 amide bonds. The van der Waals surface area contributed by atoms with Gasteiger partial charge in [0.05, 0.1) is 6.54 Å². The molecule has 4 heteroatoms. The van der Waals surface area contributed by atoms with E-state index in [9.17, 15) is 0 Å². The van der Waals surface area contributed by atoms with Crippen molar-refractivity contribution >= 4 is 5.96 Å². The summed E-state index contributed by atoms with van der Waals surface area (Å²) >= 11 is 0. The Morgan fingerprint density at radius 2 is 1.96 bits per heavy atom.